The van der Waals surface area contributed by atoms with Gasteiger partial charge in [-0.1, -0.05) is 50.8 Å². The van der Waals surface area contributed by atoms with Crippen molar-refractivity contribution in [1.82, 2.24) is 4.72 Å². The van der Waals surface area contributed by atoms with Gasteiger partial charge in [-0.15, -0.1) is 0 Å². The number of benzene rings is 2. The number of anilines is 1. The lowest BCUT2D eigenvalue weighted by Crippen LogP contribution is -2.32. The van der Waals surface area contributed by atoms with Crippen LogP contribution in [0.5, 0.6) is 0 Å². The van der Waals surface area contributed by atoms with E-state index in [0.717, 1.165) is 35.6 Å². The zero-order valence-corrected chi connectivity index (χ0v) is 19.0. The van der Waals surface area contributed by atoms with Gasteiger partial charge < -0.3 is 5.32 Å². The normalized spacial score (nSPS) is 22.0. The molecular formula is C24H29F3N2O2S. The molecule has 4 atom stereocenters. The van der Waals surface area contributed by atoms with Crippen LogP contribution in [0.1, 0.15) is 55.3 Å². The van der Waals surface area contributed by atoms with Crippen LogP contribution in [0, 0.1) is 11.8 Å². The lowest BCUT2D eigenvalue weighted by Gasteiger charge is -2.40. The number of alkyl halides is 3. The van der Waals surface area contributed by atoms with E-state index in [1.807, 2.05) is 44.2 Å². The van der Waals surface area contributed by atoms with Gasteiger partial charge in [0.2, 0.25) is 10.0 Å². The summed E-state index contributed by atoms with van der Waals surface area (Å²) in [4.78, 5) is 0. The molecule has 2 aromatic carbocycles. The molecule has 0 saturated heterocycles. The van der Waals surface area contributed by atoms with E-state index in [2.05, 4.69) is 16.6 Å². The summed E-state index contributed by atoms with van der Waals surface area (Å²) in [6.45, 7) is 7.51. The van der Waals surface area contributed by atoms with Crippen LogP contribution in [0.3, 0.4) is 0 Å². The molecule has 2 aromatic rings. The Kier molecular flexibility index (Phi) is 7.35. The van der Waals surface area contributed by atoms with Crippen molar-refractivity contribution in [1.29, 1.82) is 0 Å². The Labute approximate surface area is 188 Å². The van der Waals surface area contributed by atoms with Gasteiger partial charge in [0.1, 0.15) is 0 Å². The lowest BCUT2D eigenvalue weighted by molar-refractivity contribution is -0.137. The Morgan fingerprint density at radius 2 is 1.88 bits per heavy atom. The quantitative estimate of drug-likeness (QED) is 0.496. The SMILES string of the molecule is C=CS(=O)(=O)NC[C@H](C)CC[C@@H]1[C@H](C)c2cc(C(F)(F)F)ccc2N[C@H]1c1ccccc1. The Balaban J connectivity index is 1.85. The Hall–Kier alpha value is -2.32. The van der Waals surface area contributed by atoms with Crippen molar-refractivity contribution >= 4 is 15.7 Å². The average molecular weight is 467 g/mol. The zero-order chi connectivity index (χ0) is 23.5. The van der Waals surface area contributed by atoms with E-state index in [1.54, 1.807) is 0 Å². The molecule has 2 N–H and O–H groups in total. The zero-order valence-electron chi connectivity index (χ0n) is 18.2. The lowest BCUT2D eigenvalue weighted by atomic mass is 9.73. The summed E-state index contributed by atoms with van der Waals surface area (Å²) in [5.41, 5.74) is 1.82. The summed E-state index contributed by atoms with van der Waals surface area (Å²) in [7, 11) is -3.49. The summed E-state index contributed by atoms with van der Waals surface area (Å²) in [6.07, 6.45) is -2.92. The molecule has 1 aliphatic rings. The predicted molar refractivity (Wildman–Crippen MR) is 122 cm³/mol. The minimum Gasteiger partial charge on any atom is -0.378 e. The summed E-state index contributed by atoms with van der Waals surface area (Å²) >= 11 is 0. The number of nitrogens with one attached hydrogen (secondary N) is 2. The van der Waals surface area contributed by atoms with Gasteiger partial charge in [-0.05, 0) is 59.9 Å². The summed E-state index contributed by atoms with van der Waals surface area (Å²) in [5, 5.41) is 4.35. The van der Waals surface area contributed by atoms with E-state index in [9.17, 15) is 21.6 Å². The highest BCUT2D eigenvalue weighted by atomic mass is 32.2. The highest BCUT2D eigenvalue weighted by molar-refractivity contribution is 7.92. The first-order valence-corrected chi connectivity index (χ1v) is 12.2. The minimum absolute atomic E-state index is 0.0480. The first-order chi connectivity index (χ1) is 15.0. The van der Waals surface area contributed by atoms with E-state index in [4.69, 9.17) is 0 Å². The van der Waals surface area contributed by atoms with Crippen molar-refractivity contribution in [3.8, 4) is 0 Å². The maximum atomic E-state index is 13.3. The molecule has 0 saturated carbocycles. The Morgan fingerprint density at radius 1 is 1.19 bits per heavy atom. The van der Waals surface area contributed by atoms with Crippen molar-refractivity contribution in [2.24, 2.45) is 11.8 Å². The standard InChI is InChI=1S/C24H29F3N2O2S/c1-4-32(30,31)28-15-16(2)10-12-20-17(3)21-14-19(24(25,26)27)11-13-22(21)29-23(20)18-8-6-5-7-9-18/h4-9,11,13-14,16-17,20,23,28-29H,1,10,12,15H2,2-3H3/t16-,17+,20-,23+/m1/s1. The molecule has 0 radical (unpaired) electrons. The summed E-state index contributed by atoms with van der Waals surface area (Å²) in [5.74, 6) is 0.0129. The minimum atomic E-state index is -4.39. The number of halogens is 3. The van der Waals surface area contributed by atoms with Crippen molar-refractivity contribution in [3.05, 3.63) is 77.2 Å². The van der Waals surface area contributed by atoms with Gasteiger partial charge in [0.15, 0.2) is 0 Å². The van der Waals surface area contributed by atoms with E-state index in [1.165, 1.54) is 12.1 Å². The van der Waals surface area contributed by atoms with Crippen molar-refractivity contribution < 1.29 is 21.6 Å². The van der Waals surface area contributed by atoms with Gasteiger partial charge in [0, 0.05) is 17.6 Å². The summed E-state index contributed by atoms with van der Waals surface area (Å²) < 4.78 is 65.7. The fraction of sp³-hybridized carbons (Fsp3) is 0.417. The number of fused-ring (bicyclic) bond motifs is 1. The van der Waals surface area contributed by atoms with Crippen LogP contribution in [0.25, 0.3) is 0 Å². The molecule has 0 aliphatic carbocycles. The molecule has 0 fully saturated rings. The van der Waals surface area contributed by atoms with Gasteiger partial charge in [0.05, 0.1) is 11.6 Å². The number of rotatable bonds is 8. The molecule has 3 rings (SSSR count). The molecule has 0 amide bonds. The average Bonchev–Trinajstić information content (AvgIpc) is 2.76. The molecule has 174 valence electrons. The van der Waals surface area contributed by atoms with Crippen LogP contribution in [-0.4, -0.2) is 15.0 Å². The second-order valence-corrected chi connectivity index (χ2v) is 10.2. The topological polar surface area (TPSA) is 58.2 Å². The number of hydrogen-bond acceptors (Lipinski definition) is 3. The van der Waals surface area contributed by atoms with E-state index >= 15 is 0 Å². The first kappa shape index (κ1) is 24.3. The molecule has 0 bridgehead atoms. The first-order valence-electron chi connectivity index (χ1n) is 10.7. The van der Waals surface area contributed by atoms with Crippen LogP contribution in [0.4, 0.5) is 18.9 Å². The van der Waals surface area contributed by atoms with Gasteiger partial charge in [0.25, 0.3) is 0 Å². The van der Waals surface area contributed by atoms with Gasteiger partial charge in [-0.25, -0.2) is 13.1 Å². The maximum absolute atomic E-state index is 13.3. The Morgan fingerprint density at radius 3 is 2.50 bits per heavy atom. The van der Waals surface area contributed by atoms with Crippen molar-refractivity contribution in [2.75, 3.05) is 11.9 Å². The third kappa shape index (κ3) is 5.72. The molecule has 0 spiro atoms. The predicted octanol–water partition coefficient (Wildman–Crippen LogP) is 6.07. The second-order valence-electron chi connectivity index (χ2n) is 8.53. The molecule has 8 heteroatoms. The molecular weight excluding hydrogens is 437 g/mol. The highest BCUT2D eigenvalue weighted by Gasteiger charge is 2.37. The Bertz CT molecular complexity index is 1040. The molecule has 4 nitrogen and oxygen atoms in total. The maximum Gasteiger partial charge on any atom is 0.416 e. The monoisotopic (exact) mass is 466 g/mol. The molecule has 0 aromatic heterocycles. The van der Waals surface area contributed by atoms with Gasteiger partial charge >= 0.3 is 6.18 Å². The van der Waals surface area contributed by atoms with E-state index < -0.39 is 21.8 Å². The van der Waals surface area contributed by atoms with Crippen molar-refractivity contribution in [2.45, 2.75) is 44.8 Å². The highest BCUT2D eigenvalue weighted by Crippen LogP contribution is 2.48. The molecule has 0 unspecified atom stereocenters. The fourth-order valence-electron chi connectivity index (χ4n) is 4.35. The van der Waals surface area contributed by atoms with Gasteiger partial charge in [-0.2, -0.15) is 13.2 Å². The van der Waals surface area contributed by atoms with Crippen LogP contribution in [-0.2, 0) is 16.2 Å². The summed E-state index contributed by atoms with van der Waals surface area (Å²) in [6, 6.07) is 13.7. The molecule has 1 aliphatic heterocycles. The second kappa shape index (κ2) is 9.67. The largest absolute Gasteiger partial charge is 0.416 e. The van der Waals surface area contributed by atoms with E-state index in [-0.39, 0.29) is 30.3 Å². The smallest absolute Gasteiger partial charge is 0.378 e. The van der Waals surface area contributed by atoms with Crippen LogP contribution >= 0.6 is 0 Å². The third-order valence-electron chi connectivity index (χ3n) is 6.25. The van der Waals surface area contributed by atoms with E-state index in [0.29, 0.717) is 5.56 Å². The van der Waals surface area contributed by atoms with Crippen LogP contribution < -0.4 is 10.0 Å². The number of sulfonamides is 1. The molecule has 32 heavy (non-hydrogen) atoms. The van der Waals surface area contributed by atoms with Crippen LogP contribution in [0.15, 0.2) is 60.5 Å². The molecule has 1 heterocycles. The fourth-order valence-corrected chi connectivity index (χ4v) is 4.98. The number of hydrogen-bond donors (Lipinski definition) is 2. The third-order valence-corrected chi connectivity index (χ3v) is 7.26. The van der Waals surface area contributed by atoms with Crippen molar-refractivity contribution in [3.63, 3.8) is 0 Å². The van der Waals surface area contributed by atoms with Gasteiger partial charge in [-0.3, -0.25) is 0 Å². The van der Waals surface area contributed by atoms with Crippen LogP contribution in [0.2, 0.25) is 0 Å².